The summed E-state index contributed by atoms with van der Waals surface area (Å²) in [5.74, 6) is 1.56. The van der Waals surface area contributed by atoms with E-state index in [1.807, 2.05) is 18.2 Å². The topological polar surface area (TPSA) is 64.3 Å². The SMILES string of the molecule is Cc1ccc(C(C)(C)c2ccc(OCc3ccnc(N4CC(N)C4)n3)cc2)cc1. The molecule has 1 fully saturated rings. The van der Waals surface area contributed by atoms with Crippen LogP contribution in [0.15, 0.2) is 60.8 Å². The van der Waals surface area contributed by atoms with Gasteiger partial charge in [0.1, 0.15) is 12.4 Å². The van der Waals surface area contributed by atoms with E-state index in [1.165, 1.54) is 16.7 Å². The Morgan fingerprint density at radius 2 is 1.62 bits per heavy atom. The normalized spacial score (nSPS) is 14.6. The van der Waals surface area contributed by atoms with Crippen LogP contribution in [-0.4, -0.2) is 29.1 Å². The zero-order valence-corrected chi connectivity index (χ0v) is 17.3. The average molecular weight is 389 g/mol. The van der Waals surface area contributed by atoms with Crippen LogP contribution in [0.5, 0.6) is 5.75 Å². The summed E-state index contributed by atoms with van der Waals surface area (Å²) >= 11 is 0. The van der Waals surface area contributed by atoms with Crippen LogP contribution in [0.2, 0.25) is 0 Å². The summed E-state index contributed by atoms with van der Waals surface area (Å²) in [7, 11) is 0. The molecule has 3 aromatic rings. The molecule has 150 valence electrons. The van der Waals surface area contributed by atoms with Crippen LogP contribution < -0.4 is 15.4 Å². The predicted molar refractivity (Wildman–Crippen MR) is 116 cm³/mol. The van der Waals surface area contributed by atoms with Crippen LogP contribution in [0, 0.1) is 6.92 Å². The quantitative estimate of drug-likeness (QED) is 0.695. The van der Waals surface area contributed by atoms with Crippen LogP contribution in [0.4, 0.5) is 5.95 Å². The Labute approximate surface area is 172 Å². The summed E-state index contributed by atoms with van der Waals surface area (Å²) in [5, 5.41) is 0. The van der Waals surface area contributed by atoms with Gasteiger partial charge in [-0.25, -0.2) is 9.97 Å². The van der Waals surface area contributed by atoms with Gasteiger partial charge in [-0.1, -0.05) is 55.8 Å². The number of nitrogens with zero attached hydrogens (tertiary/aromatic N) is 3. The fraction of sp³-hybridized carbons (Fsp3) is 0.333. The molecule has 2 N–H and O–H groups in total. The van der Waals surface area contributed by atoms with Gasteiger partial charge in [0.25, 0.3) is 0 Å². The highest BCUT2D eigenvalue weighted by molar-refractivity contribution is 5.41. The Morgan fingerprint density at radius 1 is 1.00 bits per heavy atom. The van der Waals surface area contributed by atoms with Crippen molar-refractivity contribution in [1.29, 1.82) is 0 Å². The molecule has 0 spiro atoms. The fourth-order valence-corrected chi connectivity index (χ4v) is 3.56. The molecule has 1 aliphatic heterocycles. The van der Waals surface area contributed by atoms with Crippen molar-refractivity contribution in [2.24, 2.45) is 5.73 Å². The second-order valence-electron chi connectivity index (χ2n) is 8.32. The molecular weight excluding hydrogens is 360 g/mol. The van der Waals surface area contributed by atoms with Crippen molar-refractivity contribution in [3.63, 3.8) is 0 Å². The van der Waals surface area contributed by atoms with Gasteiger partial charge in [0.15, 0.2) is 0 Å². The molecule has 0 radical (unpaired) electrons. The molecule has 5 nitrogen and oxygen atoms in total. The van der Waals surface area contributed by atoms with Crippen LogP contribution in [-0.2, 0) is 12.0 Å². The maximum atomic E-state index is 5.96. The zero-order chi connectivity index (χ0) is 20.4. The minimum absolute atomic E-state index is 0.0636. The van der Waals surface area contributed by atoms with Gasteiger partial charge in [-0.05, 0) is 36.2 Å². The number of ether oxygens (including phenoxy) is 1. The van der Waals surface area contributed by atoms with Crippen molar-refractivity contribution in [2.75, 3.05) is 18.0 Å². The van der Waals surface area contributed by atoms with Crippen LogP contribution in [0.3, 0.4) is 0 Å². The summed E-state index contributed by atoms with van der Waals surface area (Å²) in [4.78, 5) is 11.0. The second kappa shape index (κ2) is 7.84. The molecule has 2 heterocycles. The number of hydrogen-bond donors (Lipinski definition) is 1. The molecule has 0 aliphatic carbocycles. The molecule has 1 saturated heterocycles. The molecule has 0 atom stereocenters. The molecule has 0 unspecified atom stereocenters. The number of aryl methyl sites for hydroxylation is 1. The maximum absolute atomic E-state index is 5.96. The minimum Gasteiger partial charge on any atom is -0.487 e. The van der Waals surface area contributed by atoms with E-state index in [1.54, 1.807) is 6.20 Å². The number of hydrogen-bond acceptors (Lipinski definition) is 5. The summed E-state index contributed by atoms with van der Waals surface area (Å²) in [6.45, 7) is 8.64. The van der Waals surface area contributed by atoms with E-state index < -0.39 is 0 Å². The van der Waals surface area contributed by atoms with Crippen molar-refractivity contribution >= 4 is 5.95 Å². The molecule has 1 aromatic heterocycles. The third-order valence-electron chi connectivity index (χ3n) is 5.63. The number of aromatic nitrogens is 2. The molecule has 4 rings (SSSR count). The predicted octanol–water partition coefficient (Wildman–Crippen LogP) is 3.84. The number of rotatable bonds is 6. The Kier molecular flexibility index (Phi) is 5.24. The van der Waals surface area contributed by atoms with Crippen molar-refractivity contribution in [3.8, 4) is 5.75 Å². The first-order valence-corrected chi connectivity index (χ1v) is 10.0. The highest BCUT2D eigenvalue weighted by atomic mass is 16.5. The molecule has 0 bridgehead atoms. The highest BCUT2D eigenvalue weighted by Crippen LogP contribution is 2.32. The van der Waals surface area contributed by atoms with Gasteiger partial charge in [0.05, 0.1) is 5.69 Å². The Hall–Kier alpha value is -2.92. The van der Waals surface area contributed by atoms with Crippen molar-refractivity contribution < 1.29 is 4.74 Å². The van der Waals surface area contributed by atoms with E-state index in [9.17, 15) is 0 Å². The lowest BCUT2D eigenvalue weighted by molar-refractivity contribution is 0.300. The second-order valence-corrected chi connectivity index (χ2v) is 8.32. The zero-order valence-electron chi connectivity index (χ0n) is 17.3. The Morgan fingerprint density at radius 3 is 2.24 bits per heavy atom. The average Bonchev–Trinajstić information content (AvgIpc) is 2.71. The fourth-order valence-electron chi connectivity index (χ4n) is 3.56. The number of nitrogens with two attached hydrogens (primary N) is 1. The summed E-state index contributed by atoms with van der Waals surface area (Å²) < 4.78 is 5.96. The van der Waals surface area contributed by atoms with Gasteiger partial charge in [-0.15, -0.1) is 0 Å². The minimum atomic E-state index is -0.0636. The van der Waals surface area contributed by atoms with Crippen molar-refractivity contribution in [2.45, 2.75) is 38.8 Å². The highest BCUT2D eigenvalue weighted by Gasteiger charge is 2.25. The van der Waals surface area contributed by atoms with E-state index in [-0.39, 0.29) is 11.5 Å². The standard InChI is InChI=1S/C24H28N4O/c1-17-4-6-18(7-5-17)24(2,3)19-8-10-22(11-9-19)29-16-21-12-13-26-23(27-21)28-14-20(25)15-28/h4-13,20H,14-16,25H2,1-3H3. The third kappa shape index (κ3) is 4.25. The lowest BCUT2D eigenvalue weighted by Crippen LogP contribution is -2.56. The van der Waals surface area contributed by atoms with Crippen LogP contribution in [0.25, 0.3) is 0 Å². The Balaban J connectivity index is 1.41. The summed E-state index contributed by atoms with van der Waals surface area (Å²) in [6, 6.07) is 19.2. The lowest BCUT2D eigenvalue weighted by atomic mass is 9.78. The van der Waals surface area contributed by atoms with E-state index in [0.29, 0.717) is 6.61 Å². The van der Waals surface area contributed by atoms with Crippen LogP contribution >= 0.6 is 0 Å². The molecule has 29 heavy (non-hydrogen) atoms. The van der Waals surface area contributed by atoms with Crippen LogP contribution in [0.1, 0.15) is 36.2 Å². The van der Waals surface area contributed by atoms with Gasteiger partial charge >= 0.3 is 0 Å². The molecule has 2 aromatic carbocycles. The van der Waals surface area contributed by atoms with Crippen molar-refractivity contribution in [1.82, 2.24) is 9.97 Å². The van der Waals surface area contributed by atoms with Crippen molar-refractivity contribution in [3.05, 3.63) is 83.2 Å². The lowest BCUT2D eigenvalue weighted by Gasteiger charge is -2.36. The van der Waals surface area contributed by atoms with Gasteiger partial charge in [0.2, 0.25) is 5.95 Å². The smallest absolute Gasteiger partial charge is 0.225 e. The monoisotopic (exact) mass is 388 g/mol. The maximum Gasteiger partial charge on any atom is 0.225 e. The van der Waals surface area contributed by atoms with Gasteiger partial charge in [0, 0.05) is 30.7 Å². The van der Waals surface area contributed by atoms with Gasteiger partial charge in [-0.3, -0.25) is 0 Å². The molecule has 0 saturated carbocycles. The first kappa shape index (κ1) is 19.4. The van der Waals surface area contributed by atoms with E-state index in [0.717, 1.165) is 30.5 Å². The molecule has 5 heteroatoms. The summed E-state index contributed by atoms with van der Waals surface area (Å²) in [5.41, 5.74) is 10.5. The number of benzene rings is 2. The van der Waals surface area contributed by atoms with E-state index in [4.69, 9.17) is 10.5 Å². The summed E-state index contributed by atoms with van der Waals surface area (Å²) in [6.07, 6.45) is 1.78. The first-order chi connectivity index (χ1) is 13.9. The molecule has 1 aliphatic rings. The Bertz CT molecular complexity index is 961. The van der Waals surface area contributed by atoms with Gasteiger partial charge in [-0.2, -0.15) is 0 Å². The first-order valence-electron chi connectivity index (χ1n) is 10.0. The molecule has 0 amide bonds. The van der Waals surface area contributed by atoms with E-state index in [2.05, 4.69) is 72.0 Å². The largest absolute Gasteiger partial charge is 0.487 e. The third-order valence-corrected chi connectivity index (χ3v) is 5.63. The van der Waals surface area contributed by atoms with Gasteiger partial charge < -0.3 is 15.4 Å². The van der Waals surface area contributed by atoms with E-state index >= 15 is 0 Å². The molecular formula is C24H28N4O. The number of anilines is 1.